The number of rotatable bonds is 3. The molecule has 0 amide bonds. The highest BCUT2D eigenvalue weighted by molar-refractivity contribution is 5.57. The smallest absolute Gasteiger partial charge is 0.151 e. The van der Waals surface area contributed by atoms with Crippen LogP contribution >= 0.6 is 0 Å². The second kappa shape index (κ2) is 7.14. The van der Waals surface area contributed by atoms with Crippen molar-refractivity contribution in [3.8, 4) is 0 Å². The van der Waals surface area contributed by atoms with E-state index in [-0.39, 0.29) is 6.17 Å². The van der Waals surface area contributed by atoms with Crippen LogP contribution in [-0.2, 0) is 11.2 Å². The molecule has 1 aliphatic rings. The lowest BCUT2D eigenvalue weighted by molar-refractivity contribution is -0.109. The van der Waals surface area contributed by atoms with Gasteiger partial charge in [0.15, 0.2) is 6.29 Å². The summed E-state index contributed by atoms with van der Waals surface area (Å²) >= 11 is 0. The zero-order valence-corrected chi connectivity index (χ0v) is 9.94. The molecule has 1 heterocycles. The summed E-state index contributed by atoms with van der Waals surface area (Å²) in [5.74, 6) is 0. The summed E-state index contributed by atoms with van der Waals surface area (Å²) in [5, 5.41) is 6.31. The largest absolute Gasteiger partial charge is 0.300 e. The van der Waals surface area contributed by atoms with Crippen molar-refractivity contribution in [3.63, 3.8) is 0 Å². The van der Waals surface area contributed by atoms with Crippen LogP contribution in [0.5, 0.6) is 0 Å². The van der Waals surface area contributed by atoms with E-state index in [1.165, 1.54) is 5.56 Å². The quantitative estimate of drug-likeness (QED) is 0.755. The second-order valence-corrected chi connectivity index (χ2v) is 3.58. The van der Waals surface area contributed by atoms with Crippen molar-refractivity contribution in [1.29, 1.82) is 0 Å². The lowest BCUT2D eigenvalue weighted by Gasteiger charge is -2.09. The molecular weight excluding hydrogens is 200 g/mol. The van der Waals surface area contributed by atoms with Crippen molar-refractivity contribution in [2.45, 2.75) is 32.5 Å². The summed E-state index contributed by atoms with van der Waals surface area (Å²) in [7, 11) is 0. The number of aldehydes is 1. The summed E-state index contributed by atoms with van der Waals surface area (Å²) < 4.78 is 0. The van der Waals surface area contributed by atoms with Gasteiger partial charge in [-0.15, -0.1) is 0 Å². The number of benzene rings is 1. The van der Waals surface area contributed by atoms with Crippen molar-refractivity contribution in [1.82, 2.24) is 10.6 Å². The molecule has 0 aliphatic carbocycles. The number of nitrogens with one attached hydrogen (secondary N) is 2. The van der Waals surface area contributed by atoms with E-state index >= 15 is 0 Å². The van der Waals surface area contributed by atoms with Crippen molar-refractivity contribution >= 4 is 6.29 Å². The second-order valence-electron chi connectivity index (χ2n) is 3.58. The third-order valence-corrected chi connectivity index (χ3v) is 2.46. The Kier molecular flexibility index (Phi) is 5.75. The summed E-state index contributed by atoms with van der Waals surface area (Å²) in [6.45, 7) is 4.86. The fourth-order valence-corrected chi connectivity index (χ4v) is 1.76. The molecular formula is C13H20N2O. The molecule has 3 nitrogen and oxygen atoms in total. The fourth-order valence-electron chi connectivity index (χ4n) is 1.76. The molecule has 1 aromatic rings. The number of carbonyl (C=O) groups excluding carboxylic acids is 1. The van der Waals surface area contributed by atoms with Gasteiger partial charge in [-0.1, -0.05) is 44.2 Å². The Morgan fingerprint density at radius 3 is 2.56 bits per heavy atom. The highest BCUT2D eigenvalue weighted by Gasteiger charge is 2.21. The Labute approximate surface area is 97.2 Å². The minimum absolute atomic E-state index is 0.163. The highest BCUT2D eigenvalue weighted by atomic mass is 16.1. The van der Waals surface area contributed by atoms with Gasteiger partial charge in [-0.2, -0.15) is 0 Å². The molecule has 1 saturated heterocycles. The van der Waals surface area contributed by atoms with E-state index in [9.17, 15) is 4.79 Å². The molecule has 16 heavy (non-hydrogen) atoms. The zero-order valence-electron chi connectivity index (χ0n) is 9.94. The lowest BCUT2D eigenvalue weighted by atomic mass is 10.1. The van der Waals surface area contributed by atoms with Crippen LogP contribution in [0.4, 0.5) is 0 Å². The molecule has 0 aromatic heterocycles. The molecule has 2 atom stereocenters. The van der Waals surface area contributed by atoms with Gasteiger partial charge in [-0.3, -0.25) is 10.6 Å². The predicted molar refractivity (Wildman–Crippen MR) is 66.3 cm³/mol. The number of carbonyl (C=O) groups is 1. The average Bonchev–Trinajstić information content (AvgIpc) is 2.81. The Morgan fingerprint density at radius 2 is 2.00 bits per heavy atom. The summed E-state index contributed by atoms with van der Waals surface area (Å²) in [6.07, 6.45) is 1.71. The molecule has 88 valence electrons. The number of hydrogen-bond acceptors (Lipinski definition) is 3. The van der Waals surface area contributed by atoms with Gasteiger partial charge >= 0.3 is 0 Å². The summed E-state index contributed by atoms with van der Waals surface area (Å²) in [4.78, 5) is 10.5. The molecule has 0 saturated carbocycles. The van der Waals surface area contributed by atoms with Gasteiger partial charge in [0.2, 0.25) is 0 Å². The van der Waals surface area contributed by atoms with Crippen LogP contribution in [0.25, 0.3) is 0 Å². The molecule has 1 aliphatic heterocycles. The molecule has 1 fully saturated rings. The van der Waals surface area contributed by atoms with Crippen molar-refractivity contribution in [2.75, 3.05) is 6.54 Å². The summed E-state index contributed by atoms with van der Waals surface area (Å²) in [6, 6.07) is 10.7. The fraction of sp³-hybridized carbons (Fsp3) is 0.462. The normalized spacial score (nSPS) is 23.4. The van der Waals surface area contributed by atoms with Crippen LogP contribution in [0.3, 0.4) is 0 Å². The first-order valence-electron chi connectivity index (χ1n) is 5.87. The first kappa shape index (κ1) is 12.9. The van der Waals surface area contributed by atoms with Gasteiger partial charge in [0.05, 0.1) is 0 Å². The van der Waals surface area contributed by atoms with Gasteiger partial charge in [-0.05, 0) is 12.0 Å². The highest BCUT2D eigenvalue weighted by Crippen LogP contribution is 2.05. The minimum Gasteiger partial charge on any atom is -0.300 e. The van der Waals surface area contributed by atoms with Gasteiger partial charge in [0.25, 0.3) is 0 Å². The van der Waals surface area contributed by atoms with Crippen LogP contribution in [-0.4, -0.2) is 25.0 Å². The van der Waals surface area contributed by atoms with E-state index in [0.29, 0.717) is 6.04 Å². The SMILES string of the molecule is CC.O=CC1NC[C@@H](Cc2ccccc2)N1. The maximum Gasteiger partial charge on any atom is 0.151 e. The van der Waals surface area contributed by atoms with Gasteiger partial charge in [0.1, 0.15) is 6.17 Å². The van der Waals surface area contributed by atoms with Crippen LogP contribution < -0.4 is 10.6 Å². The third kappa shape index (κ3) is 3.76. The van der Waals surface area contributed by atoms with Crippen LogP contribution in [0.15, 0.2) is 30.3 Å². The Bertz CT molecular complexity index is 300. The topological polar surface area (TPSA) is 41.1 Å². The molecule has 0 bridgehead atoms. The molecule has 0 radical (unpaired) electrons. The molecule has 1 unspecified atom stereocenters. The first-order chi connectivity index (χ1) is 7.88. The van der Waals surface area contributed by atoms with Crippen LogP contribution in [0.1, 0.15) is 19.4 Å². The van der Waals surface area contributed by atoms with Gasteiger partial charge in [0, 0.05) is 12.6 Å². The zero-order chi connectivity index (χ0) is 11.8. The monoisotopic (exact) mass is 220 g/mol. The van der Waals surface area contributed by atoms with Gasteiger partial charge in [-0.25, -0.2) is 0 Å². The maximum atomic E-state index is 10.5. The third-order valence-electron chi connectivity index (χ3n) is 2.46. The van der Waals surface area contributed by atoms with Crippen LogP contribution in [0, 0.1) is 0 Å². The van der Waals surface area contributed by atoms with E-state index in [1.807, 2.05) is 32.0 Å². The van der Waals surface area contributed by atoms with Crippen molar-refractivity contribution < 1.29 is 4.79 Å². The first-order valence-corrected chi connectivity index (χ1v) is 5.87. The molecule has 2 rings (SSSR count). The Balaban J connectivity index is 0.000000606. The van der Waals surface area contributed by atoms with Crippen molar-refractivity contribution in [2.24, 2.45) is 0 Å². The van der Waals surface area contributed by atoms with E-state index in [4.69, 9.17) is 0 Å². The van der Waals surface area contributed by atoms with E-state index in [2.05, 4.69) is 22.8 Å². The predicted octanol–water partition coefficient (Wildman–Crippen LogP) is 1.34. The standard InChI is InChI=1S/C11H14N2O.C2H6/c14-8-11-12-7-10(13-11)6-9-4-2-1-3-5-9;1-2/h1-5,8,10-13H,6-7H2;1-2H3/t10-,11?;/m1./s1. The van der Waals surface area contributed by atoms with Gasteiger partial charge < -0.3 is 4.79 Å². The number of hydrogen-bond donors (Lipinski definition) is 2. The Morgan fingerprint density at radius 1 is 1.31 bits per heavy atom. The average molecular weight is 220 g/mol. The van der Waals surface area contributed by atoms with E-state index in [0.717, 1.165) is 19.3 Å². The summed E-state index contributed by atoms with van der Waals surface area (Å²) in [5.41, 5.74) is 1.30. The van der Waals surface area contributed by atoms with Crippen LogP contribution in [0.2, 0.25) is 0 Å². The molecule has 2 N–H and O–H groups in total. The van der Waals surface area contributed by atoms with E-state index in [1.54, 1.807) is 0 Å². The van der Waals surface area contributed by atoms with Crippen molar-refractivity contribution in [3.05, 3.63) is 35.9 Å². The lowest BCUT2D eigenvalue weighted by Crippen LogP contribution is -2.35. The molecule has 0 spiro atoms. The maximum absolute atomic E-state index is 10.5. The molecule has 1 aromatic carbocycles. The van der Waals surface area contributed by atoms with E-state index < -0.39 is 0 Å². The molecule has 3 heteroatoms. The minimum atomic E-state index is -0.163. The Hall–Kier alpha value is -1.19.